The van der Waals surface area contributed by atoms with Crippen LogP contribution in [0.2, 0.25) is 0 Å². The molecule has 0 saturated carbocycles. The number of hydrogen-bond donors (Lipinski definition) is 0. The van der Waals surface area contributed by atoms with Crippen LogP contribution in [0.15, 0.2) is 91.1 Å². The first-order chi connectivity index (χ1) is 19.4. The molecule has 206 valence electrons. The van der Waals surface area contributed by atoms with Crippen molar-refractivity contribution in [2.24, 2.45) is 0 Å². The molecule has 0 aliphatic carbocycles. The van der Waals surface area contributed by atoms with Crippen LogP contribution in [0.25, 0.3) is 5.69 Å². The van der Waals surface area contributed by atoms with Crippen molar-refractivity contribution in [1.29, 1.82) is 0 Å². The highest BCUT2D eigenvalue weighted by molar-refractivity contribution is 6.02. The summed E-state index contributed by atoms with van der Waals surface area (Å²) in [6.07, 6.45) is 3.97. The molecule has 0 bridgehead atoms. The molecule has 0 saturated heterocycles. The van der Waals surface area contributed by atoms with Crippen LogP contribution in [0.4, 0.5) is 10.1 Å². The Morgan fingerprint density at radius 2 is 1.62 bits per heavy atom. The van der Waals surface area contributed by atoms with Crippen LogP contribution >= 0.6 is 0 Å². The second-order valence-electron chi connectivity index (χ2n) is 10.3. The zero-order valence-corrected chi connectivity index (χ0v) is 23.1. The maximum absolute atomic E-state index is 14.2. The van der Waals surface area contributed by atoms with Crippen molar-refractivity contribution in [3.8, 4) is 11.4 Å². The van der Waals surface area contributed by atoms with Crippen LogP contribution < -0.4 is 9.64 Å². The van der Waals surface area contributed by atoms with Crippen LogP contribution in [-0.2, 0) is 4.79 Å². The molecule has 0 fully saturated rings. The summed E-state index contributed by atoms with van der Waals surface area (Å²) in [4.78, 5) is 31.2. The highest BCUT2D eigenvalue weighted by atomic mass is 19.1. The molecule has 1 aliphatic rings. The second kappa shape index (κ2) is 11.8. The van der Waals surface area contributed by atoms with Gasteiger partial charge in [-0.3, -0.25) is 14.5 Å². The molecule has 5 rings (SSSR count). The highest BCUT2D eigenvalue weighted by Gasteiger charge is 2.37. The van der Waals surface area contributed by atoms with Crippen molar-refractivity contribution >= 4 is 17.5 Å². The number of carbonyl (C=O) groups excluding carboxylic acids is 2. The molecule has 2 amide bonds. The number of unbranched alkanes of at least 4 members (excludes halogenated alkanes) is 1. The normalized spacial score (nSPS) is 14.0. The third-order valence-corrected chi connectivity index (χ3v) is 7.23. The molecule has 40 heavy (non-hydrogen) atoms. The van der Waals surface area contributed by atoms with Crippen molar-refractivity contribution in [2.75, 3.05) is 18.1 Å². The molecular formula is C33H34FN3O3. The van der Waals surface area contributed by atoms with E-state index in [1.165, 1.54) is 12.1 Å². The first kappa shape index (κ1) is 27.2. The van der Waals surface area contributed by atoms with Gasteiger partial charge >= 0.3 is 0 Å². The quantitative estimate of drug-likeness (QED) is 0.220. The lowest BCUT2D eigenvalue weighted by molar-refractivity contribution is -0.120. The van der Waals surface area contributed by atoms with Gasteiger partial charge in [0.15, 0.2) is 0 Å². The smallest absolute Gasteiger partial charge is 0.254 e. The number of ether oxygens (including phenoxy) is 1. The van der Waals surface area contributed by atoms with E-state index in [9.17, 15) is 14.0 Å². The third-order valence-electron chi connectivity index (χ3n) is 7.23. The lowest BCUT2D eigenvalue weighted by Crippen LogP contribution is -2.48. The Labute approximate surface area is 234 Å². The topological polar surface area (TPSA) is 54.8 Å². The molecular weight excluding hydrogens is 505 g/mol. The Hall–Kier alpha value is -4.39. The van der Waals surface area contributed by atoms with E-state index in [0.717, 1.165) is 35.5 Å². The molecule has 6 nitrogen and oxygen atoms in total. The zero-order valence-electron chi connectivity index (χ0n) is 23.1. The molecule has 0 spiro atoms. The number of fused-ring (bicyclic) bond motifs is 3. The number of anilines is 1. The number of hydrogen-bond acceptors (Lipinski definition) is 3. The van der Waals surface area contributed by atoms with Crippen molar-refractivity contribution in [3.05, 3.63) is 114 Å². The summed E-state index contributed by atoms with van der Waals surface area (Å²) < 4.78 is 21.7. The Morgan fingerprint density at radius 3 is 2.30 bits per heavy atom. The van der Waals surface area contributed by atoms with E-state index in [1.807, 2.05) is 56.4 Å². The Morgan fingerprint density at radius 1 is 0.925 bits per heavy atom. The highest BCUT2D eigenvalue weighted by Crippen LogP contribution is 2.42. The summed E-state index contributed by atoms with van der Waals surface area (Å²) in [5.74, 6) is -0.0786. The van der Waals surface area contributed by atoms with Crippen molar-refractivity contribution < 1.29 is 18.7 Å². The number of rotatable bonds is 9. The molecule has 7 heteroatoms. The van der Waals surface area contributed by atoms with E-state index in [-0.39, 0.29) is 30.2 Å². The van der Waals surface area contributed by atoms with Gasteiger partial charge in [-0.2, -0.15) is 0 Å². The van der Waals surface area contributed by atoms with E-state index in [1.54, 1.807) is 46.2 Å². The van der Waals surface area contributed by atoms with Crippen LogP contribution in [0.1, 0.15) is 61.3 Å². The summed E-state index contributed by atoms with van der Waals surface area (Å²) in [5, 5.41) is 0. The van der Waals surface area contributed by atoms with Gasteiger partial charge in [-0.05, 0) is 86.5 Å². The zero-order chi connectivity index (χ0) is 28.2. The predicted octanol–water partition coefficient (Wildman–Crippen LogP) is 6.78. The van der Waals surface area contributed by atoms with E-state index < -0.39 is 6.04 Å². The lowest BCUT2D eigenvalue weighted by atomic mass is 9.97. The Balaban J connectivity index is 1.46. The van der Waals surface area contributed by atoms with Crippen LogP contribution in [-0.4, -0.2) is 40.5 Å². The van der Waals surface area contributed by atoms with Crippen molar-refractivity contribution in [2.45, 2.75) is 45.7 Å². The largest absolute Gasteiger partial charge is 0.494 e. The minimum Gasteiger partial charge on any atom is -0.494 e. The molecule has 0 radical (unpaired) electrons. The lowest BCUT2D eigenvalue weighted by Gasteiger charge is -2.40. The second-order valence-corrected chi connectivity index (χ2v) is 10.3. The molecule has 1 aliphatic heterocycles. The first-order valence-corrected chi connectivity index (χ1v) is 13.8. The monoisotopic (exact) mass is 539 g/mol. The van der Waals surface area contributed by atoms with Gasteiger partial charge < -0.3 is 14.2 Å². The van der Waals surface area contributed by atoms with Gasteiger partial charge in [0.2, 0.25) is 5.91 Å². The van der Waals surface area contributed by atoms with E-state index in [4.69, 9.17) is 4.74 Å². The van der Waals surface area contributed by atoms with Crippen LogP contribution in [0.3, 0.4) is 0 Å². The molecule has 1 unspecified atom stereocenters. The maximum atomic E-state index is 14.2. The predicted molar refractivity (Wildman–Crippen MR) is 155 cm³/mol. The minimum atomic E-state index is -0.485. The summed E-state index contributed by atoms with van der Waals surface area (Å²) >= 11 is 0. The summed E-state index contributed by atoms with van der Waals surface area (Å²) in [5.41, 5.74) is 3.77. The minimum absolute atomic E-state index is 0.113. The van der Waals surface area contributed by atoms with E-state index in [0.29, 0.717) is 17.9 Å². The van der Waals surface area contributed by atoms with Crippen molar-refractivity contribution in [3.63, 3.8) is 0 Å². The fourth-order valence-corrected chi connectivity index (χ4v) is 5.13. The third kappa shape index (κ3) is 5.37. The number of aromatic nitrogens is 1. The van der Waals surface area contributed by atoms with Gasteiger partial charge in [0.25, 0.3) is 5.91 Å². The maximum Gasteiger partial charge on any atom is 0.254 e. The average molecular weight is 540 g/mol. The SMILES string of the molecule is CCCCOc1ccc(C(=O)N(CC(=O)N2c3ccccc3-n3cccc3C2c2ccc(F)cc2)C(C)C)cc1. The number of para-hydroxylation sites is 2. The van der Waals surface area contributed by atoms with Gasteiger partial charge in [-0.15, -0.1) is 0 Å². The summed E-state index contributed by atoms with van der Waals surface area (Å²) in [7, 11) is 0. The van der Waals surface area contributed by atoms with Crippen LogP contribution in [0.5, 0.6) is 5.75 Å². The molecule has 0 N–H and O–H groups in total. The molecule has 4 aromatic rings. The van der Waals surface area contributed by atoms with Crippen molar-refractivity contribution in [1.82, 2.24) is 9.47 Å². The Kier molecular flexibility index (Phi) is 8.01. The number of nitrogens with zero attached hydrogens (tertiary/aromatic N) is 3. The number of amides is 2. The van der Waals surface area contributed by atoms with Gasteiger partial charge in [-0.1, -0.05) is 37.6 Å². The van der Waals surface area contributed by atoms with E-state index >= 15 is 0 Å². The molecule has 1 atom stereocenters. The molecule has 3 aromatic carbocycles. The summed E-state index contributed by atoms with van der Waals surface area (Å²) in [6.45, 7) is 6.43. The van der Waals surface area contributed by atoms with Gasteiger partial charge in [0.1, 0.15) is 24.2 Å². The number of halogens is 1. The van der Waals surface area contributed by atoms with Gasteiger partial charge in [0.05, 0.1) is 23.7 Å². The number of benzene rings is 3. The van der Waals surface area contributed by atoms with Gasteiger partial charge in [0, 0.05) is 17.8 Å². The number of carbonyl (C=O) groups is 2. The molecule has 1 aromatic heterocycles. The molecule has 2 heterocycles. The fraction of sp³-hybridized carbons (Fsp3) is 0.273. The Bertz CT molecular complexity index is 1480. The average Bonchev–Trinajstić information content (AvgIpc) is 3.46. The van der Waals surface area contributed by atoms with E-state index in [2.05, 4.69) is 11.5 Å². The van der Waals surface area contributed by atoms with Crippen LogP contribution in [0, 0.1) is 5.82 Å². The first-order valence-electron chi connectivity index (χ1n) is 13.8. The summed E-state index contributed by atoms with van der Waals surface area (Å²) in [6, 6.07) is 24.2. The fourth-order valence-electron chi connectivity index (χ4n) is 5.13. The van der Waals surface area contributed by atoms with Gasteiger partial charge in [-0.25, -0.2) is 4.39 Å². The standard InChI is InChI=1S/C33H34FN3O3/c1-4-5-21-40-27-18-14-25(15-19-27)33(39)36(23(2)3)22-31(38)37-29-10-7-6-9-28(29)35-20-8-11-30(35)32(37)24-12-16-26(34)17-13-24/h6-20,23,32H,4-5,21-22H2,1-3H3.